The molecule has 0 heterocycles. The Kier molecular flexibility index (Phi) is 7.36. The maximum atomic E-state index is 5.26. The van der Waals surface area contributed by atoms with Gasteiger partial charge in [-0.25, -0.2) is 0 Å². The summed E-state index contributed by atoms with van der Waals surface area (Å²) >= 11 is 3.55. The molecule has 3 heteroatoms. The van der Waals surface area contributed by atoms with E-state index in [0.29, 0.717) is 0 Å². The highest BCUT2D eigenvalue weighted by molar-refractivity contribution is 9.10. The number of hydrogen-bond acceptors (Lipinski definition) is 2. The summed E-state index contributed by atoms with van der Waals surface area (Å²) in [6, 6.07) is 6.38. The Labute approximate surface area is 119 Å². The van der Waals surface area contributed by atoms with Crippen molar-refractivity contribution in [3.63, 3.8) is 0 Å². The van der Waals surface area contributed by atoms with Crippen molar-refractivity contribution in [2.75, 3.05) is 20.2 Å². The molecule has 1 rings (SSSR count). The van der Waals surface area contributed by atoms with Gasteiger partial charge in [-0.2, -0.15) is 0 Å². The lowest BCUT2D eigenvalue weighted by Crippen LogP contribution is -2.24. The van der Waals surface area contributed by atoms with Crippen LogP contribution < -0.4 is 10.1 Å². The van der Waals surface area contributed by atoms with Crippen molar-refractivity contribution in [1.82, 2.24) is 5.32 Å². The molecule has 1 unspecified atom stereocenters. The molecule has 102 valence electrons. The van der Waals surface area contributed by atoms with Gasteiger partial charge in [-0.05, 0) is 65.5 Å². The van der Waals surface area contributed by atoms with Gasteiger partial charge in [0.15, 0.2) is 0 Å². The van der Waals surface area contributed by atoms with Gasteiger partial charge in [0, 0.05) is 0 Å². The van der Waals surface area contributed by atoms with E-state index < -0.39 is 0 Å². The van der Waals surface area contributed by atoms with Crippen LogP contribution in [0, 0.1) is 5.92 Å². The molecule has 0 saturated heterocycles. The fraction of sp³-hybridized carbons (Fsp3) is 0.600. The molecule has 0 amide bonds. The smallest absolute Gasteiger partial charge is 0.133 e. The number of hydrogen-bond donors (Lipinski definition) is 1. The van der Waals surface area contributed by atoms with Gasteiger partial charge in [0.2, 0.25) is 0 Å². The number of benzene rings is 1. The molecule has 18 heavy (non-hydrogen) atoms. The zero-order chi connectivity index (χ0) is 13.4. The molecule has 1 atom stereocenters. The van der Waals surface area contributed by atoms with Gasteiger partial charge >= 0.3 is 0 Å². The number of nitrogens with one attached hydrogen (secondary N) is 1. The first-order valence-corrected chi connectivity index (χ1v) is 7.53. The van der Waals surface area contributed by atoms with E-state index in [1.54, 1.807) is 7.11 Å². The maximum absolute atomic E-state index is 5.26. The zero-order valence-corrected chi connectivity index (χ0v) is 13.2. The first-order chi connectivity index (χ1) is 8.71. The van der Waals surface area contributed by atoms with E-state index in [9.17, 15) is 0 Å². The Hall–Kier alpha value is -0.540. The second-order valence-electron chi connectivity index (χ2n) is 4.64. The largest absolute Gasteiger partial charge is 0.496 e. The third-order valence-corrected chi connectivity index (χ3v) is 3.74. The van der Waals surface area contributed by atoms with Gasteiger partial charge in [-0.3, -0.25) is 0 Å². The van der Waals surface area contributed by atoms with E-state index in [1.807, 2.05) is 6.07 Å². The lowest BCUT2D eigenvalue weighted by atomic mass is 9.95. The van der Waals surface area contributed by atoms with Crippen LogP contribution in [0.25, 0.3) is 0 Å². The van der Waals surface area contributed by atoms with Gasteiger partial charge in [0.25, 0.3) is 0 Å². The molecule has 0 fully saturated rings. The summed E-state index contributed by atoms with van der Waals surface area (Å²) in [6.45, 7) is 6.57. The maximum Gasteiger partial charge on any atom is 0.133 e. The van der Waals surface area contributed by atoms with E-state index in [2.05, 4.69) is 47.2 Å². The molecule has 1 N–H and O–H groups in total. The normalized spacial score (nSPS) is 12.4. The third kappa shape index (κ3) is 4.99. The van der Waals surface area contributed by atoms with Crippen molar-refractivity contribution in [3.8, 4) is 5.75 Å². The lowest BCUT2D eigenvalue weighted by Gasteiger charge is -2.17. The molecule has 1 aromatic carbocycles. The molecule has 0 aromatic heterocycles. The quantitative estimate of drug-likeness (QED) is 0.782. The summed E-state index contributed by atoms with van der Waals surface area (Å²) in [5, 5.41) is 3.45. The monoisotopic (exact) mass is 313 g/mol. The van der Waals surface area contributed by atoms with Gasteiger partial charge in [-0.15, -0.1) is 0 Å². The first kappa shape index (κ1) is 15.5. The van der Waals surface area contributed by atoms with E-state index >= 15 is 0 Å². The predicted octanol–water partition coefficient (Wildman–Crippen LogP) is 4.03. The topological polar surface area (TPSA) is 21.3 Å². The highest BCUT2D eigenvalue weighted by Crippen LogP contribution is 2.27. The molecular weight excluding hydrogens is 290 g/mol. The molecule has 0 aliphatic heterocycles. The highest BCUT2D eigenvalue weighted by atomic mass is 79.9. The van der Waals surface area contributed by atoms with Crippen LogP contribution in [-0.4, -0.2) is 20.2 Å². The van der Waals surface area contributed by atoms with Crippen LogP contribution in [0.2, 0.25) is 0 Å². The van der Waals surface area contributed by atoms with Crippen LogP contribution in [0.3, 0.4) is 0 Å². The van der Waals surface area contributed by atoms with Crippen molar-refractivity contribution in [1.29, 1.82) is 0 Å². The lowest BCUT2D eigenvalue weighted by molar-refractivity contribution is 0.411. The SMILES string of the molecule is CCCC(CNCC)Cc1ccc(OC)c(Br)c1. The second-order valence-corrected chi connectivity index (χ2v) is 5.49. The van der Waals surface area contributed by atoms with Gasteiger partial charge in [-0.1, -0.05) is 26.3 Å². The Bertz CT molecular complexity index is 354. The number of rotatable bonds is 8. The standard InChI is InChI=1S/C15H24BrNO/c1-4-6-13(11-17-5-2)9-12-7-8-15(18-3)14(16)10-12/h7-8,10,13,17H,4-6,9,11H2,1-3H3. The van der Waals surface area contributed by atoms with E-state index in [0.717, 1.165) is 35.7 Å². The van der Waals surface area contributed by atoms with Crippen molar-refractivity contribution in [2.24, 2.45) is 5.92 Å². The van der Waals surface area contributed by atoms with Crippen LogP contribution in [-0.2, 0) is 6.42 Å². The molecule has 1 aromatic rings. The fourth-order valence-electron chi connectivity index (χ4n) is 2.20. The summed E-state index contributed by atoms with van der Waals surface area (Å²) in [5.74, 6) is 1.62. The summed E-state index contributed by atoms with van der Waals surface area (Å²) in [4.78, 5) is 0. The van der Waals surface area contributed by atoms with Crippen molar-refractivity contribution < 1.29 is 4.74 Å². The Morgan fingerprint density at radius 2 is 2.11 bits per heavy atom. The number of ether oxygens (including phenoxy) is 1. The summed E-state index contributed by atoms with van der Waals surface area (Å²) in [6.07, 6.45) is 3.65. The summed E-state index contributed by atoms with van der Waals surface area (Å²) in [7, 11) is 1.70. The van der Waals surface area contributed by atoms with Crippen LogP contribution in [0.5, 0.6) is 5.75 Å². The van der Waals surface area contributed by atoms with Crippen LogP contribution in [0.1, 0.15) is 32.3 Å². The van der Waals surface area contributed by atoms with E-state index in [4.69, 9.17) is 4.74 Å². The third-order valence-electron chi connectivity index (χ3n) is 3.12. The van der Waals surface area contributed by atoms with Crippen molar-refractivity contribution >= 4 is 15.9 Å². The molecule has 0 radical (unpaired) electrons. The summed E-state index contributed by atoms with van der Waals surface area (Å²) < 4.78 is 6.30. The van der Waals surface area contributed by atoms with Crippen LogP contribution in [0.4, 0.5) is 0 Å². The van der Waals surface area contributed by atoms with Crippen molar-refractivity contribution in [3.05, 3.63) is 28.2 Å². The Morgan fingerprint density at radius 3 is 2.67 bits per heavy atom. The van der Waals surface area contributed by atoms with E-state index in [-0.39, 0.29) is 0 Å². The average molecular weight is 314 g/mol. The molecule has 0 aliphatic rings. The minimum absolute atomic E-state index is 0.718. The highest BCUT2D eigenvalue weighted by Gasteiger charge is 2.10. The predicted molar refractivity (Wildman–Crippen MR) is 81.3 cm³/mol. The van der Waals surface area contributed by atoms with E-state index in [1.165, 1.54) is 18.4 Å². The van der Waals surface area contributed by atoms with Gasteiger partial charge in [0.05, 0.1) is 11.6 Å². The van der Waals surface area contributed by atoms with Crippen LogP contribution in [0.15, 0.2) is 22.7 Å². The Morgan fingerprint density at radius 1 is 1.33 bits per heavy atom. The van der Waals surface area contributed by atoms with Crippen LogP contribution >= 0.6 is 15.9 Å². The molecule has 0 aliphatic carbocycles. The molecule has 2 nitrogen and oxygen atoms in total. The average Bonchev–Trinajstić information content (AvgIpc) is 2.36. The minimum Gasteiger partial charge on any atom is -0.496 e. The molecule has 0 saturated carbocycles. The van der Waals surface area contributed by atoms with Crippen molar-refractivity contribution in [2.45, 2.75) is 33.1 Å². The zero-order valence-electron chi connectivity index (χ0n) is 11.6. The Balaban J connectivity index is 2.64. The van der Waals surface area contributed by atoms with Gasteiger partial charge < -0.3 is 10.1 Å². The minimum atomic E-state index is 0.718. The molecule has 0 bridgehead atoms. The molecular formula is C15H24BrNO. The first-order valence-electron chi connectivity index (χ1n) is 6.74. The second kappa shape index (κ2) is 8.54. The summed E-state index contributed by atoms with van der Waals surface area (Å²) in [5.41, 5.74) is 1.37. The fourth-order valence-corrected chi connectivity index (χ4v) is 2.79. The number of methoxy groups -OCH3 is 1. The molecule has 0 spiro atoms. The van der Waals surface area contributed by atoms with Gasteiger partial charge in [0.1, 0.15) is 5.75 Å². The number of halogens is 1.